The Morgan fingerprint density at radius 1 is 1.20 bits per heavy atom. The van der Waals surface area contributed by atoms with Gasteiger partial charge in [0.1, 0.15) is 17.1 Å². The van der Waals surface area contributed by atoms with Crippen LogP contribution in [0, 0.1) is 16.0 Å². The van der Waals surface area contributed by atoms with E-state index < -0.39 is 33.7 Å². The van der Waals surface area contributed by atoms with Gasteiger partial charge >= 0.3 is 11.9 Å². The summed E-state index contributed by atoms with van der Waals surface area (Å²) in [7, 11) is 2.30. The molecule has 1 aliphatic rings. The van der Waals surface area contributed by atoms with Crippen molar-refractivity contribution in [3.8, 4) is 0 Å². The Morgan fingerprint density at radius 3 is 2.40 bits per heavy atom. The zero-order valence-electron chi connectivity index (χ0n) is 17.0. The number of ether oxygens (including phenoxy) is 2. The number of methoxy groups -OCH3 is 2. The van der Waals surface area contributed by atoms with E-state index in [0.29, 0.717) is 0 Å². The van der Waals surface area contributed by atoms with E-state index in [4.69, 9.17) is 13.9 Å². The third-order valence-corrected chi connectivity index (χ3v) is 4.53. The van der Waals surface area contributed by atoms with Crippen LogP contribution in [0.25, 0.3) is 22.2 Å². The minimum atomic E-state index is -1.28. The smallest absolute Gasteiger partial charge is 0.338 e. The zero-order valence-corrected chi connectivity index (χ0v) is 17.0. The van der Waals surface area contributed by atoms with E-state index in [1.54, 1.807) is 20.8 Å². The predicted octanol–water partition coefficient (Wildman–Crippen LogP) is 0.324. The van der Waals surface area contributed by atoms with Crippen molar-refractivity contribution < 1.29 is 28.4 Å². The monoisotopic (exact) mass is 416 g/mol. The summed E-state index contributed by atoms with van der Waals surface area (Å²) in [4.78, 5) is 49.0. The van der Waals surface area contributed by atoms with Gasteiger partial charge in [-0.25, -0.2) is 4.79 Å². The van der Waals surface area contributed by atoms with Crippen LogP contribution in [0.15, 0.2) is 27.4 Å². The Hall–Kier alpha value is -3.69. The van der Waals surface area contributed by atoms with Gasteiger partial charge in [-0.2, -0.15) is 0 Å². The third-order valence-electron chi connectivity index (χ3n) is 4.53. The summed E-state index contributed by atoms with van der Waals surface area (Å²) in [6, 6.07) is 3.55. The molecule has 0 saturated carbocycles. The number of nitro groups is 1. The molecule has 1 heterocycles. The lowest BCUT2D eigenvalue weighted by Gasteiger charge is -2.26. The Bertz CT molecular complexity index is 1270. The molecular formula is C20H20N2O8. The van der Waals surface area contributed by atoms with E-state index in [1.807, 2.05) is 0 Å². The maximum absolute atomic E-state index is 13.3. The summed E-state index contributed by atoms with van der Waals surface area (Å²) < 4.78 is 15.5. The molecular weight excluding hydrogens is 396 g/mol. The van der Waals surface area contributed by atoms with Gasteiger partial charge in [-0.3, -0.25) is 19.7 Å². The van der Waals surface area contributed by atoms with Crippen molar-refractivity contribution >= 4 is 39.9 Å². The average molecular weight is 416 g/mol. The van der Waals surface area contributed by atoms with E-state index in [0.717, 1.165) is 20.3 Å². The zero-order chi connectivity index (χ0) is 22.4. The van der Waals surface area contributed by atoms with Gasteiger partial charge in [0.2, 0.25) is 5.43 Å². The number of hydrogen-bond acceptors (Lipinski definition) is 9. The van der Waals surface area contributed by atoms with Crippen molar-refractivity contribution in [1.29, 1.82) is 0 Å². The summed E-state index contributed by atoms with van der Waals surface area (Å²) in [6.07, 6.45) is 0. The van der Waals surface area contributed by atoms with Crippen LogP contribution in [0.2, 0.25) is 0 Å². The molecule has 1 aromatic heterocycles. The maximum atomic E-state index is 13.3. The van der Waals surface area contributed by atoms with E-state index in [1.165, 1.54) is 12.1 Å². The number of carbonyl (C=O) groups is 2. The topological polar surface area (TPSA) is 138 Å². The van der Waals surface area contributed by atoms with Crippen LogP contribution in [0.5, 0.6) is 0 Å². The molecule has 0 fully saturated rings. The van der Waals surface area contributed by atoms with Crippen molar-refractivity contribution in [3.05, 3.63) is 49.2 Å². The van der Waals surface area contributed by atoms with Gasteiger partial charge in [-0.1, -0.05) is 0 Å². The van der Waals surface area contributed by atoms with Crippen molar-refractivity contribution in [1.82, 2.24) is 5.32 Å². The molecule has 30 heavy (non-hydrogen) atoms. The highest BCUT2D eigenvalue weighted by atomic mass is 16.6. The standard InChI is InChI=1S/C20H20N2O8/c1-20(2,3)21-15-12(18(24)28-4)13(19(25)29-5)17-14(15)16(23)10-8-9(22(26)27)6-7-11(10)30-17/h6-8,12,21H,1-5H3. The molecule has 1 aliphatic carbocycles. The first kappa shape index (κ1) is 21.0. The van der Waals surface area contributed by atoms with E-state index in [2.05, 4.69) is 5.32 Å². The number of nitro benzene ring substituents is 1. The molecule has 0 spiro atoms. The molecule has 2 aromatic rings. The number of non-ortho nitro benzene ring substituents is 1. The Morgan fingerprint density at radius 2 is 1.87 bits per heavy atom. The minimum Gasteiger partial charge on any atom is -0.468 e. The molecule has 1 atom stereocenters. The lowest BCUT2D eigenvalue weighted by atomic mass is 9.97. The van der Waals surface area contributed by atoms with Gasteiger partial charge in [0.05, 0.1) is 29.7 Å². The molecule has 10 heteroatoms. The quantitative estimate of drug-likeness (QED) is 0.424. The van der Waals surface area contributed by atoms with Gasteiger partial charge in [-0.15, -0.1) is 0 Å². The largest absolute Gasteiger partial charge is 0.468 e. The molecule has 3 rings (SSSR count). The lowest BCUT2D eigenvalue weighted by Crippen LogP contribution is -2.45. The molecule has 0 saturated heterocycles. The summed E-state index contributed by atoms with van der Waals surface area (Å²) in [5.41, 5.74) is -1.67. The molecule has 0 amide bonds. The second kappa shape index (κ2) is 7.29. The number of esters is 2. The third kappa shape index (κ3) is 3.40. The number of hydrogen-bond donors (Lipinski definition) is 1. The first-order valence-electron chi connectivity index (χ1n) is 8.94. The van der Waals surface area contributed by atoms with E-state index >= 15 is 0 Å². The van der Waals surface area contributed by atoms with Gasteiger partial charge in [0, 0.05) is 23.4 Å². The molecule has 0 radical (unpaired) electrons. The number of nitrogens with one attached hydrogen (secondary N) is 1. The summed E-state index contributed by atoms with van der Waals surface area (Å²) in [6.45, 7) is 5.41. The van der Waals surface area contributed by atoms with Crippen molar-refractivity contribution in [2.45, 2.75) is 26.3 Å². The van der Waals surface area contributed by atoms with Crippen LogP contribution >= 0.6 is 0 Å². The number of rotatable bonds is 4. The predicted molar refractivity (Wildman–Crippen MR) is 106 cm³/mol. The molecule has 1 aromatic carbocycles. The van der Waals surface area contributed by atoms with Crippen LogP contribution in [-0.4, -0.2) is 36.6 Å². The number of benzene rings is 1. The molecule has 10 nitrogen and oxygen atoms in total. The fourth-order valence-corrected chi connectivity index (χ4v) is 3.36. The van der Waals surface area contributed by atoms with Gasteiger partial charge < -0.3 is 19.2 Å². The van der Waals surface area contributed by atoms with Crippen LogP contribution in [0.3, 0.4) is 0 Å². The average Bonchev–Trinajstić information content (AvgIpc) is 2.99. The second-order valence-electron chi connectivity index (χ2n) is 7.72. The van der Waals surface area contributed by atoms with Crippen LogP contribution in [0.4, 0.5) is 5.69 Å². The number of nitrogens with zero attached hydrogens (tertiary/aromatic N) is 1. The maximum Gasteiger partial charge on any atom is 0.338 e. The highest BCUT2D eigenvalue weighted by Gasteiger charge is 2.41. The van der Waals surface area contributed by atoms with Gasteiger partial charge in [0.15, 0.2) is 5.42 Å². The summed E-state index contributed by atoms with van der Waals surface area (Å²) >= 11 is 0. The van der Waals surface area contributed by atoms with E-state index in [9.17, 15) is 24.5 Å². The first-order valence-corrected chi connectivity index (χ1v) is 8.94. The van der Waals surface area contributed by atoms with Crippen molar-refractivity contribution in [2.75, 3.05) is 14.2 Å². The van der Waals surface area contributed by atoms with Gasteiger partial charge in [-0.05, 0) is 26.8 Å². The minimum absolute atomic E-state index is 0.0337. The molecule has 0 aliphatic heterocycles. The van der Waals surface area contributed by atoms with Crippen LogP contribution < -0.4 is 21.4 Å². The summed E-state index contributed by atoms with van der Waals surface area (Å²) in [5, 5.41) is 14.1. The Balaban J connectivity index is 2.56. The number of fused-ring (bicyclic) bond motifs is 2. The fraction of sp³-hybridized carbons (Fsp3) is 0.350. The highest BCUT2D eigenvalue weighted by Crippen LogP contribution is 2.27. The normalized spacial score (nSPS) is 15.7. The van der Waals surface area contributed by atoms with Gasteiger partial charge in [0.25, 0.3) is 5.69 Å². The van der Waals surface area contributed by atoms with Crippen molar-refractivity contribution in [3.63, 3.8) is 0 Å². The number of carbonyl (C=O) groups excluding carboxylic acids is 2. The van der Waals surface area contributed by atoms with E-state index in [-0.39, 0.29) is 38.6 Å². The van der Waals surface area contributed by atoms with Crippen LogP contribution in [-0.2, 0) is 19.1 Å². The fourth-order valence-electron chi connectivity index (χ4n) is 3.36. The molecule has 0 bridgehead atoms. The highest BCUT2D eigenvalue weighted by molar-refractivity contribution is 6.19. The van der Waals surface area contributed by atoms with Crippen LogP contribution in [0.1, 0.15) is 20.8 Å². The molecule has 1 unspecified atom stereocenters. The SMILES string of the molecule is COC(=O)C1=c2oc3ccc([N+](=O)[O-])cc3c(=O)c2=C(NC(C)(C)C)C1C(=O)OC. The Kier molecular flexibility index (Phi) is 5.11. The Labute approximate surface area is 169 Å². The second-order valence-corrected chi connectivity index (χ2v) is 7.72. The molecule has 158 valence electrons. The lowest BCUT2D eigenvalue weighted by molar-refractivity contribution is -0.384. The van der Waals surface area contributed by atoms with Crippen molar-refractivity contribution in [2.24, 2.45) is 5.92 Å². The first-order chi connectivity index (χ1) is 14.0. The summed E-state index contributed by atoms with van der Waals surface area (Å²) in [5.74, 6) is -2.93. The molecule has 1 N–H and O–H groups in total.